The van der Waals surface area contributed by atoms with Gasteiger partial charge in [0.05, 0.1) is 29.0 Å². The number of carbonyl (C=O) groups is 1. The number of hydrogen-bond donors (Lipinski definition) is 0. The van der Waals surface area contributed by atoms with E-state index in [4.69, 9.17) is 9.47 Å². The Kier molecular flexibility index (Phi) is 7.53. The summed E-state index contributed by atoms with van der Waals surface area (Å²) in [6, 6.07) is 12.7. The van der Waals surface area contributed by atoms with Crippen LogP contribution in [0.3, 0.4) is 0 Å². The molecule has 0 unspecified atom stereocenters. The first-order valence-electron chi connectivity index (χ1n) is 11.7. The lowest BCUT2D eigenvalue weighted by Gasteiger charge is -2.25. The zero-order chi connectivity index (χ0) is 24.1. The summed E-state index contributed by atoms with van der Waals surface area (Å²) in [5.41, 5.74) is 2.53. The highest BCUT2D eigenvalue weighted by Crippen LogP contribution is 2.25. The molecule has 1 aliphatic rings. The number of sulfonamides is 1. The Hall–Kier alpha value is -2.91. The van der Waals surface area contributed by atoms with Crippen LogP contribution in [0.15, 0.2) is 47.4 Å². The highest BCUT2D eigenvalue weighted by molar-refractivity contribution is 7.89. The van der Waals surface area contributed by atoms with Crippen LogP contribution < -0.4 is 4.74 Å². The minimum Gasteiger partial charge on any atom is -0.493 e. The van der Waals surface area contributed by atoms with Gasteiger partial charge >= 0.3 is 5.97 Å². The van der Waals surface area contributed by atoms with Gasteiger partial charge in [0.15, 0.2) is 0 Å². The second-order valence-electron chi connectivity index (χ2n) is 8.46. The Morgan fingerprint density at radius 2 is 1.79 bits per heavy atom. The van der Waals surface area contributed by atoms with E-state index in [1.807, 2.05) is 42.7 Å². The van der Waals surface area contributed by atoms with E-state index in [1.165, 1.54) is 0 Å². The molecule has 2 aromatic carbocycles. The molecule has 0 atom stereocenters. The summed E-state index contributed by atoms with van der Waals surface area (Å²) in [4.78, 5) is 17.0. The van der Waals surface area contributed by atoms with Gasteiger partial charge in [-0.05, 0) is 57.0 Å². The van der Waals surface area contributed by atoms with Gasteiger partial charge < -0.3 is 14.0 Å². The van der Waals surface area contributed by atoms with Crippen LogP contribution in [0, 0.1) is 6.92 Å². The molecule has 3 aromatic rings. The van der Waals surface area contributed by atoms with Crippen LogP contribution >= 0.6 is 0 Å². The van der Waals surface area contributed by atoms with Crippen molar-refractivity contribution in [2.45, 2.75) is 57.6 Å². The molecule has 0 spiro atoms. The number of rotatable bonds is 9. The fourth-order valence-corrected chi connectivity index (χ4v) is 5.68. The zero-order valence-corrected chi connectivity index (χ0v) is 20.5. The lowest BCUT2D eigenvalue weighted by Crippen LogP contribution is -2.35. The standard InChI is InChI=1S/C25H31N3O5S/c1-3-28-23-12-11-21(34(30,31)27-14-5-4-6-15-27)17-22(23)26-24(28)18-33-25(29)13-16-32-20-9-7-19(2)8-10-20/h7-12,17H,3-6,13-16,18H2,1-2H3. The number of imidazole rings is 1. The van der Waals surface area contributed by atoms with E-state index in [2.05, 4.69) is 4.98 Å². The van der Waals surface area contributed by atoms with Crippen molar-refractivity contribution in [3.8, 4) is 5.75 Å². The molecule has 9 heteroatoms. The number of esters is 1. The molecule has 34 heavy (non-hydrogen) atoms. The van der Waals surface area contributed by atoms with Crippen molar-refractivity contribution in [3.05, 3.63) is 53.9 Å². The topological polar surface area (TPSA) is 90.7 Å². The van der Waals surface area contributed by atoms with Crippen LogP contribution in [0.2, 0.25) is 0 Å². The van der Waals surface area contributed by atoms with E-state index in [-0.39, 0.29) is 30.5 Å². The van der Waals surface area contributed by atoms with Gasteiger partial charge in [0, 0.05) is 19.6 Å². The lowest BCUT2D eigenvalue weighted by atomic mass is 10.2. The van der Waals surface area contributed by atoms with Crippen molar-refractivity contribution in [1.29, 1.82) is 0 Å². The van der Waals surface area contributed by atoms with Crippen molar-refractivity contribution in [2.75, 3.05) is 19.7 Å². The van der Waals surface area contributed by atoms with Gasteiger partial charge in [-0.2, -0.15) is 4.31 Å². The molecule has 1 aromatic heterocycles. The number of aryl methyl sites for hydroxylation is 2. The van der Waals surface area contributed by atoms with E-state index < -0.39 is 10.0 Å². The first-order valence-corrected chi connectivity index (χ1v) is 13.2. The van der Waals surface area contributed by atoms with E-state index in [1.54, 1.807) is 22.5 Å². The van der Waals surface area contributed by atoms with E-state index >= 15 is 0 Å². The number of benzene rings is 2. The van der Waals surface area contributed by atoms with Gasteiger partial charge in [0.1, 0.15) is 18.2 Å². The highest BCUT2D eigenvalue weighted by atomic mass is 32.2. The molecule has 0 saturated carbocycles. The highest BCUT2D eigenvalue weighted by Gasteiger charge is 2.26. The average molecular weight is 486 g/mol. The normalized spacial score (nSPS) is 14.9. The molecule has 0 radical (unpaired) electrons. The van der Waals surface area contributed by atoms with Crippen LogP contribution in [0.25, 0.3) is 11.0 Å². The summed E-state index contributed by atoms with van der Waals surface area (Å²) >= 11 is 0. The smallest absolute Gasteiger partial charge is 0.309 e. The Morgan fingerprint density at radius 1 is 1.06 bits per heavy atom. The molecule has 2 heterocycles. The third-order valence-corrected chi connectivity index (χ3v) is 7.92. The van der Waals surface area contributed by atoms with Crippen LogP contribution in [0.5, 0.6) is 5.75 Å². The summed E-state index contributed by atoms with van der Waals surface area (Å²) in [7, 11) is -3.54. The van der Waals surface area contributed by atoms with Crippen molar-refractivity contribution < 1.29 is 22.7 Å². The van der Waals surface area contributed by atoms with Crippen LogP contribution in [-0.2, 0) is 32.7 Å². The summed E-state index contributed by atoms with van der Waals surface area (Å²) in [5.74, 6) is 0.912. The van der Waals surface area contributed by atoms with Gasteiger partial charge in [-0.3, -0.25) is 4.79 Å². The Morgan fingerprint density at radius 3 is 2.50 bits per heavy atom. The zero-order valence-electron chi connectivity index (χ0n) is 19.7. The fraction of sp³-hybridized carbons (Fsp3) is 0.440. The fourth-order valence-electron chi connectivity index (χ4n) is 4.14. The maximum atomic E-state index is 13.0. The molecule has 8 nitrogen and oxygen atoms in total. The van der Waals surface area contributed by atoms with Gasteiger partial charge in [0.25, 0.3) is 0 Å². The van der Waals surface area contributed by atoms with E-state index in [9.17, 15) is 13.2 Å². The molecule has 1 aliphatic heterocycles. The number of carbonyl (C=O) groups excluding carboxylic acids is 1. The quantitative estimate of drug-likeness (QED) is 0.425. The first-order chi connectivity index (χ1) is 16.4. The first kappa shape index (κ1) is 24.2. The van der Waals surface area contributed by atoms with E-state index in [0.717, 1.165) is 30.3 Å². The molecule has 1 saturated heterocycles. The Bertz CT molecular complexity index is 1250. The molecule has 1 fully saturated rings. The monoisotopic (exact) mass is 485 g/mol. The third kappa shape index (κ3) is 5.42. The molecular weight excluding hydrogens is 454 g/mol. The van der Waals surface area contributed by atoms with Crippen LogP contribution in [0.4, 0.5) is 0 Å². The number of aromatic nitrogens is 2. The van der Waals surface area contributed by atoms with Gasteiger partial charge in [-0.25, -0.2) is 13.4 Å². The lowest BCUT2D eigenvalue weighted by molar-refractivity contribution is -0.145. The molecule has 0 amide bonds. The predicted octanol–water partition coefficient (Wildman–Crippen LogP) is 4.05. The molecule has 182 valence electrons. The number of ether oxygens (including phenoxy) is 2. The SMILES string of the molecule is CCn1c(COC(=O)CCOc2ccc(C)cc2)nc2cc(S(=O)(=O)N3CCCCC3)ccc21. The minimum atomic E-state index is -3.54. The van der Waals surface area contributed by atoms with Crippen molar-refractivity contribution >= 4 is 27.0 Å². The van der Waals surface area contributed by atoms with Gasteiger partial charge in [-0.15, -0.1) is 0 Å². The van der Waals surface area contributed by atoms with E-state index in [0.29, 0.717) is 36.7 Å². The summed E-state index contributed by atoms with van der Waals surface area (Å²) in [6.07, 6.45) is 2.96. The van der Waals surface area contributed by atoms with Gasteiger partial charge in [-0.1, -0.05) is 24.1 Å². The molecular formula is C25H31N3O5S. The molecule has 0 bridgehead atoms. The summed E-state index contributed by atoms with van der Waals surface area (Å²) in [5, 5.41) is 0. The van der Waals surface area contributed by atoms with Gasteiger partial charge in [0.2, 0.25) is 10.0 Å². The minimum absolute atomic E-state index is 0.0140. The summed E-state index contributed by atoms with van der Waals surface area (Å²) in [6.45, 7) is 5.94. The van der Waals surface area contributed by atoms with Crippen molar-refractivity contribution in [3.63, 3.8) is 0 Å². The molecule has 0 aliphatic carbocycles. The number of nitrogens with zero attached hydrogens (tertiary/aromatic N) is 3. The molecule has 0 N–H and O–H groups in total. The third-order valence-electron chi connectivity index (χ3n) is 6.03. The second-order valence-corrected chi connectivity index (χ2v) is 10.4. The van der Waals surface area contributed by atoms with Crippen molar-refractivity contribution in [2.24, 2.45) is 0 Å². The van der Waals surface area contributed by atoms with Crippen molar-refractivity contribution in [1.82, 2.24) is 13.9 Å². The number of piperidine rings is 1. The van der Waals surface area contributed by atoms with Crippen LogP contribution in [-0.4, -0.2) is 47.9 Å². The predicted molar refractivity (Wildman–Crippen MR) is 129 cm³/mol. The Labute approximate surface area is 200 Å². The average Bonchev–Trinajstić information content (AvgIpc) is 3.21. The number of fused-ring (bicyclic) bond motifs is 1. The maximum absolute atomic E-state index is 13.0. The second kappa shape index (κ2) is 10.6. The van der Waals surface area contributed by atoms with Crippen LogP contribution in [0.1, 0.15) is 44.0 Å². The Balaban J connectivity index is 1.40. The number of hydrogen-bond acceptors (Lipinski definition) is 6. The molecule has 4 rings (SSSR count). The largest absolute Gasteiger partial charge is 0.493 e. The maximum Gasteiger partial charge on any atom is 0.309 e. The summed E-state index contributed by atoms with van der Waals surface area (Å²) < 4.78 is 40.6.